The van der Waals surface area contributed by atoms with Gasteiger partial charge in [-0.3, -0.25) is 0 Å². The number of halogens is 2. The summed E-state index contributed by atoms with van der Waals surface area (Å²) in [5.74, 6) is -0.499. The second kappa shape index (κ2) is 12.4. The lowest BCUT2D eigenvalue weighted by molar-refractivity contribution is -0.138. The third kappa shape index (κ3) is 5.85. The number of aromatic nitrogens is 3. The van der Waals surface area contributed by atoms with Crippen molar-refractivity contribution < 1.29 is 23.3 Å². The molecule has 0 radical (unpaired) electrons. The van der Waals surface area contributed by atoms with E-state index in [4.69, 9.17) is 30.5 Å². The van der Waals surface area contributed by atoms with Gasteiger partial charge in [0.2, 0.25) is 0 Å². The zero-order chi connectivity index (χ0) is 23.8. The largest absolute Gasteiger partial charge is 0.379 e. The zero-order valence-corrected chi connectivity index (χ0v) is 20.9. The Balaban J connectivity index is 1.98. The third-order valence-electron chi connectivity index (χ3n) is 6.12. The van der Waals surface area contributed by atoms with Crippen LogP contribution in [0.2, 0.25) is 5.15 Å². The fourth-order valence-electron chi connectivity index (χ4n) is 4.23. The molecule has 186 valence electrons. The highest BCUT2D eigenvalue weighted by Gasteiger charge is 2.57. The zero-order valence-electron chi connectivity index (χ0n) is 20.2. The van der Waals surface area contributed by atoms with E-state index in [0.717, 1.165) is 38.5 Å². The molecule has 0 amide bonds. The van der Waals surface area contributed by atoms with E-state index in [1.54, 1.807) is 0 Å². The summed E-state index contributed by atoms with van der Waals surface area (Å²) in [4.78, 5) is 3.92. The minimum absolute atomic E-state index is 0.0514. The summed E-state index contributed by atoms with van der Waals surface area (Å²) in [6.45, 7) is 10.5. The van der Waals surface area contributed by atoms with Crippen LogP contribution in [0.4, 0.5) is 4.39 Å². The maximum Gasteiger partial charge on any atom is 0.159 e. The molecule has 0 aliphatic carbocycles. The van der Waals surface area contributed by atoms with Crippen molar-refractivity contribution in [2.45, 2.75) is 90.1 Å². The van der Waals surface area contributed by atoms with Crippen LogP contribution in [0.3, 0.4) is 0 Å². The normalized spacial score (nSPS) is 25.3. The minimum Gasteiger partial charge on any atom is -0.379 e. The predicted molar refractivity (Wildman–Crippen MR) is 125 cm³/mol. The second-order valence-electron chi connectivity index (χ2n) is 8.74. The molecular formula is C24H37ClFN3O4. The smallest absolute Gasteiger partial charge is 0.159 e. The highest BCUT2D eigenvalue weighted by molar-refractivity contribution is 6.32. The number of rotatable bonds is 14. The summed E-state index contributed by atoms with van der Waals surface area (Å²) in [6.07, 6.45) is 5.83. The average molecular weight is 486 g/mol. The molecule has 0 aromatic carbocycles. The summed E-state index contributed by atoms with van der Waals surface area (Å²) in [5, 5.41) is 4.31. The molecule has 1 aliphatic heterocycles. The Labute approximate surface area is 200 Å². The molecule has 7 nitrogen and oxygen atoms in total. The van der Waals surface area contributed by atoms with Gasteiger partial charge in [0.25, 0.3) is 0 Å². The van der Waals surface area contributed by atoms with Crippen LogP contribution in [0.25, 0.3) is 5.52 Å². The van der Waals surface area contributed by atoms with Crippen LogP contribution in [0.15, 0.2) is 12.4 Å². The van der Waals surface area contributed by atoms with Crippen molar-refractivity contribution in [2.75, 3.05) is 26.4 Å². The molecule has 2 aromatic heterocycles. The Morgan fingerprint density at radius 1 is 1.12 bits per heavy atom. The Morgan fingerprint density at radius 3 is 2.55 bits per heavy atom. The van der Waals surface area contributed by atoms with E-state index in [1.165, 1.54) is 16.9 Å². The quantitative estimate of drug-likeness (QED) is 0.327. The molecule has 1 aliphatic rings. The van der Waals surface area contributed by atoms with Crippen LogP contribution >= 0.6 is 11.6 Å². The summed E-state index contributed by atoms with van der Waals surface area (Å²) in [5.41, 5.74) is -0.217. The third-order valence-corrected chi connectivity index (χ3v) is 6.40. The van der Waals surface area contributed by atoms with Crippen molar-refractivity contribution in [3.05, 3.63) is 29.1 Å². The van der Waals surface area contributed by atoms with Crippen LogP contribution in [0.5, 0.6) is 0 Å². The Bertz CT molecular complexity index is 883. The number of unbranched alkanes of at least 4 members (excludes halogenated alkanes) is 3. The first kappa shape index (κ1) is 26.3. The molecule has 0 spiro atoms. The first-order valence-corrected chi connectivity index (χ1v) is 12.5. The molecule has 33 heavy (non-hydrogen) atoms. The Morgan fingerprint density at radius 2 is 1.82 bits per heavy atom. The summed E-state index contributed by atoms with van der Waals surface area (Å²) < 4.78 is 41.6. The summed E-state index contributed by atoms with van der Waals surface area (Å²) >= 11 is 6.17. The number of fused-ring (bicyclic) bond motifs is 1. The Hall–Kier alpha value is -1.32. The van der Waals surface area contributed by atoms with Gasteiger partial charge in [-0.05, 0) is 26.2 Å². The van der Waals surface area contributed by atoms with Gasteiger partial charge in [0, 0.05) is 25.9 Å². The standard InChI is InChI=1S/C24H37ClFN3O4/c1-5-8-11-30-15-19-22(31-12-9-6-2)24(4,32-13-10-7-3)21(33-19)18-14-17(26)20-23(25)27-16-28-29(18)20/h14,16,19,21-22H,5-13,15H2,1-4H3/t19-,21+,22-,24+/m1/s1. The van der Waals surface area contributed by atoms with Gasteiger partial charge in [-0.25, -0.2) is 13.9 Å². The summed E-state index contributed by atoms with van der Waals surface area (Å²) in [6, 6.07) is 1.41. The van der Waals surface area contributed by atoms with E-state index < -0.39 is 17.5 Å². The summed E-state index contributed by atoms with van der Waals surface area (Å²) in [7, 11) is 0. The van der Waals surface area contributed by atoms with Gasteiger partial charge >= 0.3 is 0 Å². The van der Waals surface area contributed by atoms with Crippen LogP contribution in [0, 0.1) is 5.82 Å². The minimum atomic E-state index is -0.861. The highest BCUT2D eigenvalue weighted by atomic mass is 35.5. The molecule has 3 heterocycles. The van der Waals surface area contributed by atoms with Crippen LogP contribution in [-0.2, 0) is 18.9 Å². The van der Waals surface area contributed by atoms with Crippen molar-refractivity contribution in [1.29, 1.82) is 0 Å². The maximum atomic E-state index is 14.9. The lowest BCUT2D eigenvalue weighted by atomic mass is 9.90. The first-order chi connectivity index (χ1) is 16.0. The predicted octanol–water partition coefficient (Wildman–Crippen LogP) is 5.54. The highest BCUT2D eigenvalue weighted by Crippen LogP contribution is 2.46. The van der Waals surface area contributed by atoms with Crippen molar-refractivity contribution in [2.24, 2.45) is 0 Å². The lowest BCUT2D eigenvalue weighted by Crippen LogP contribution is -2.48. The van der Waals surface area contributed by atoms with Gasteiger partial charge in [-0.2, -0.15) is 5.10 Å². The average Bonchev–Trinajstić information content (AvgIpc) is 3.27. The van der Waals surface area contributed by atoms with Crippen LogP contribution in [-0.4, -0.2) is 58.8 Å². The molecule has 3 rings (SSSR count). The molecule has 0 saturated carbocycles. The van der Waals surface area contributed by atoms with Crippen molar-refractivity contribution in [3.63, 3.8) is 0 Å². The van der Waals surface area contributed by atoms with Gasteiger partial charge < -0.3 is 18.9 Å². The van der Waals surface area contributed by atoms with Gasteiger partial charge in [-0.1, -0.05) is 51.6 Å². The molecule has 9 heteroatoms. The number of nitrogens with zero attached hydrogens (tertiary/aromatic N) is 3. The molecule has 4 atom stereocenters. The number of hydrogen-bond acceptors (Lipinski definition) is 6. The molecule has 0 bridgehead atoms. The number of hydrogen-bond donors (Lipinski definition) is 0. The topological polar surface area (TPSA) is 67.1 Å². The van der Waals surface area contributed by atoms with Crippen LogP contribution in [0.1, 0.15) is 78.0 Å². The van der Waals surface area contributed by atoms with Crippen molar-refractivity contribution in [3.8, 4) is 0 Å². The van der Waals surface area contributed by atoms with E-state index >= 15 is 0 Å². The molecule has 1 fully saturated rings. The fraction of sp³-hybridized carbons (Fsp3) is 0.750. The van der Waals surface area contributed by atoms with E-state index in [2.05, 4.69) is 30.9 Å². The SMILES string of the molecule is CCCCOC[C@H]1O[C@@H](c2cc(F)c3c(Cl)ncnn23)[C@](C)(OCCCC)[C@@H]1OCCCC. The monoisotopic (exact) mass is 485 g/mol. The second-order valence-corrected chi connectivity index (χ2v) is 9.10. The number of ether oxygens (including phenoxy) is 4. The first-order valence-electron chi connectivity index (χ1n) is 12.1. The van der Waals surface area contributed by atoms with Gasteiger partial charge in [0.15, 0.2) is 11.0 Å². The van der Waals surface area contributed by atoms with Gasteiger partial charge in [0.1, 0.15) is 35.8 Å². The van der Waals surface area contributed by atoms with Gasteiger partial charge in [-0.15, -0.1) is 0 Å². The van der Waals surface area contributed by atoms with E-state index in [0.29, 0.717) is 32.1 Å². The maximum absolute atomic E-state index is 14.9. The van der Waals surface area contributed by atoms with Crippen molar-refractivity contribution in [1.82, 2.24) is 14.6 Å². The fourth-order valence-corrected chi connectivity index (χ4v) is 4.45. The van der Waals surface area contributed by atoms with E-state index in [1.807, 2.05) is 6.92 Å². The molecule has 0 N–H and O–H groups in total. The van der Waals surface area contributed by atoms with E-state index in [9.17, 15) is 4.39 Å². The lowest BCUT2D eigenvalue weighted by Gasteiger charge is -2.35. The van der Waals surface area contributed by atoms with Crippen molar-refractivity contribution >= 4 is 17.1 Å². The molecule has 2 aromatic rings. The van der Waals surface area contributed by atoms with Gasteiger partial charge in [0.05, 0.1) is 12.3 Å². The van der Waals surface area contributed by atoms with E-state index in [-0.39, 0.29) is 22.9 Å². The molecule has 1 saturated heterocycles. The molecular weight excluding hydrogens is 449 g/mol. The Kier molecular flexibility index (Phi) is 9.88. The van der Waals surface area contributed by atoms with Crippen LogP contribution < -0.4 is 0 Å². The molecule has 0 unspecified atom stereocenters.